The summed E-state index contributed by atoms with van der Waals surface area (Å²) in [7, 11) is 0. The Morgan fingerprint density at radius 2 is 1.85 bits per heavy atom. The fourth-order valence-electron chi connectivity index (χ4n) is 4.33. The number of H-pyrrole nitrogens is 1. The number of aromatic nitrogens is 1. The van der Waals surface area contributed by atoms with E-state index in [-0.39, 0.29) is 18.4 Å². The third kappa shape index (κ3) is 4.17. The van der Waals surface area contributed by atoms with Gasteiger partial charge in [-0.25, -0.2) is 9.69 Å². The third-order valence-electron chi connectivity index (χ3n) is 6.11. The summed E-state index contributed by atoms with van der Waals surface area (Å²) < 4.78 is 10.6. The summed E-state index contributed by atoms with van der Waals surface area (Å²) >= 11 is 0. The quantitative estimate of drug-likeness (QED) is 0.679. The van der Waals surface area contributed by atoms with Crippen LogP contribution < -0.4 is 5.32 Å². The minimum Gasteiger partial charge on any atom is -0.433 e. The van der Waals surface area contributed by atoms with Gasteiger partial charge in [0.05, 0.1) is 25.3 Å². The van der Waals surface area contributed by atoms with Crippen LogP contribution in [-0.2, 0) is 32.2 Å². The van der Waals surface area contributed by atoms with Crippen molar-refractivity contribution in [3.63, 3.8) is 0 Å². The number of rotatable bonds is 5. The highest BCUT2D eigenvalue weighted by atomic mass is 16.6. The predicted octanol–water partition coefficient (Wildman–Crippen LogP) is 2.60. The Hall–Kier alpha value is -3.43. The highest BCUT2D eigenvalue weighted by Crippen LogP contribution is 2.35. The number of carbonyl (C=O) groups excluding carboxylic acids is 3. The van der Waals surface area contributed by atoms with Gasteiger partial charge in [0.2, 0.25) is 0 Å². The zero-order chi connectivity index (χ0) is 23.2. The SMILES string of the molecule is CC1(C)OC(=O)N(Cc2ccc3c(c2)C(=Cc2cc(CN4CCOCC4)c[nH]2)C(=O)N3)C1=O. The van der Waals surface area contributed by atoms with E-state index in [9.17, 15) is 14.4 Å². The van der Waals surface area contributed by atoms with E-state index < -0.39 is 11.7 Å². The summed E-state index contributed by atoms with van der Waals surface area (Å²) in [5.41, 5.74) is 3.52. The molecular formula is C24H26N4O5. The molecule has 2 saturated heterocycles. The average Bonchev–Trinajstić information content (AvgIpc) is 3.40. The van der Waals surface area contributed by atoms with Crippen LogP contribution in [0.25, 0.3) is 11.6 Å². The number of nitrogens with zero attached hydrogens (tertiary/aromatic N) is 2. The van der Waals surface area contributed by atoms with Crippen molar-refractivity contribution < 1.29 is 23.9 Å². The molecule has 1 aromatic heterocycles. The maximum absolute atomic E-state index is 12.7. The molecule has 0 atom stereocenters. The maximum Gasteiger partial charge on any atom is 0.418 e. The Bertz CT molecular complexity index is 1160. The molecule has 33 heavy (non-hydrogen) atoms. The number of aromatic amines is 1. The van der Waals surface area contributed by atoms with Crippen molar-refractivity contribution in [3.05, 3.63) is 52.8 Å². The van der Waals surface area contributed by atoms with Crippen molar-refractivity contribution in [3.8, 4) is 0 Å². The van der Waals surface area contributed by atoms with Gasteiger partial charge in [0.15, 0.2) is 5.60 Å². The van der Waals surface area contributed by atoms with Crippen LogP contribution >= 0.6 is 0 Å². The van der Waals surface area contributed by atoms with Gasteiger partial charge in [-0.2, -0.15) is 0 Å². The Balaban J connectivity index is 1.36. The first-order chi connectivity index (χ1) is 15.8. The molecule has 0 bridgehead atoms. The normalized spacial score (nSPS) is 21.5. The van der Waals surface area contributed by atoms with E-state index in [1.807, 2.05) is 24.4 Å². The molecule has 0 unspecified atom stereocenters. The molecule has 2 aromatic rings. The number of cyclic esters (lactones) is 1. The van der Waals surface area contributed by atoms with Crippen LogP contribution in [0.5, 0.6) is 0 Å². The number of carbonyl (C=O) groups is 3. The van der Waals surface area contributed by atoms with Crippen LogP contribution in [-0.4, -0.2) is 64.6 Å². The smallest absolute Gasteiger partial charge is 0.418 e. The molecule has 2 fully saturated rings. The van der Waals surface area contributed by atoms with Gasteiger partial charge >= 0.3 is 6.09 Å². The van der Waals surface area contributed by atoms with Crippen molar-refractivity contribution in [1.29, 1.82) is 0 Å². The summed E-state index contributed by atoms with van der Waals surface area (Å²) in [5, 5.41) is 2.88. The van der Waals surface area contributed by atoms with E-state index in [4.69, 9.17) is 9.47 Å². The zero-order valence-corrected chi connectivity index (χ0v) is 18.6. The van der Waals surface area contributed by atoms with Crippen molar-refractivity contribution >= 4 is 35.2 Å². The van der Waals surface area contributed by atoms with E-state index in [0.717, 1.165) is 60.1 Å². The van der Waals surface area contributed by atoms with Gasteiger partial charge < -0.3 is 19.8 Å². The average molecular weight is 450 g/mol. The lowest BCUT2D eigenvalue weighted by molar-refractivity contribution is -0.134. The monoisotopic (exact) mass is 450 g/mol. The molecule has 4 heterocycles. The second-order valence-corrected chi connectivity index (χ2v) is 9.01. The summed E-state index contributed by atoms with van der Waals surface area (Å²) in [6, 6.07) is 7.46. The van der Waals surface area contributed by atoms with Gasteiger partial charge in [-0.15, -0.1) is 0 Å². The first-order valence-corrected chi connectivity index (χ1v) is 11.0. The van der Waals surface area contributed by atoms with Gasteiger partial charge in [-0.05, 0) is 49.2 Å². The number of anilines is 1. The minimum atomic E-state index is -1.16. The number of morpholine rings is 1. The lowest BCUT2D eigenvalue weighted by atomic mass is 10.0. The van der Waals surface area contributed by atoms with E-state index in [1.54, 1.807) is 26.0 Å². The van der Waals surface area contributed by atoms with Crippen LogP contribution in [0.2, 0.25) is 0 Å². The molecule has 0 saturated carbocycles. The van der Waals surface area contributed by atoms with Crippen LogP contribution in [0.3, 0.4) is 0 Å². The molecule has 1 aromatic carbocycles. The molecule has 0 aliphatic carbocycles. The van der Waals surface area contributed by atoms with Crippen molar-refractivity contribution in [2.75, 3.05) is 31.6 Å². The standard InChI is InChI=1S/C24H26N4O5/c1-24(2)22(30)28(23(31)33-24)14-15-3-4-20-18(10-15)19(21(29)26-20)11-17-9-16(12-25-17)13-27-5-7-32-8-6-27/h3-4,9-12,25H,5-8,13-14H2,1-2H3,(H,26,29). The molecule has 9 heteroatoms. The molecule has 172 valence electrons. The van der Waals surface area contributed by atoms with Crippen LogP contribution in [0.4, 0.5) is 10.5 Å². The fraction of sp³-hybridized carbons (Fsp3) is 0.375. The number of nitrogens with one attached hydrogen (secondary N) is 2. The first kappa shape index (κ1) is 21.4. The van der Waals surface area contributed by atoms with Crippen molar-refractivity contribution in [2.24, 2.45) is 0 Å². The van der Waals surface area contributed by atoms with Gasteiger partial charge in [0.25, 0.3) is 11.8 Å². The number of hydrogen-bond acceptors (Lipinski definition) is 6. The second-order valence-electron chi connectivity index (χ2n) is 9.01. The first-order valence-electron chi connectivity index (χ1n) is 11.0. The number of imide groups is 1. The van der Waals surface area contributed by atoms with Gasteiger partial charge in [0.1, 0.15) is 0 Å². The van der Waals surface area contributed by atoms with Gasteiger partial charge in [0, 0.05) is 42.8 Å². The molecule has 0 radical (unpaired) electrons. The van der Waals surface area contributed by atoms with Crippen molar-refractivity contribution in [1.82, 2.24) is 14.8 Å². The lowest BCUT2D eigenvalue weighted by Crippen LogP contribution is -2.35. The molecule has 5 rings (SSSR count). The van der Waals surface area contributed by atoms with Gasteiger partial charge in [-0.1, -0.05) is 6.07 Å². The Kier molecular flexibility index (Phi) is 5.30. The van der Waals surface area contributed by atoms with E-state index in [2.05, 4.69) is 15.2 Å². The number of benzene rings is 1. The number of amides is 3. The zero-order valence-electron chi connectivity index (χ0n) is 18.6. The summed E-state index contributed by atoms with van der Waals surface area (Å²) in [6.45, 7) is 7.37. The van der Waals surface area contributed by atoms with Crippen LogP contribution in [0, 0.1) is 0 Å². The summed E-state index contributed by atoms with van der Waals surface area (Å²) in [6.07, 6.45) is 3.12. The third-order valence-corrected chi connectivity index (χ3v) is 6.11. The second kappa shape index (κ2) is 8.17. The van der Waals surface area contributed by atoms with Crippen LogP contribution in [0.15, 0.2) is 30.5 Å². The lowest BCUT2D eigenvalue weighted by Gasteiger charge is -2.25. The van der Waals surface area contributed by atoms with Crippen LogP contribution in [0.1, 0.15) is 36.2 Å². The molecule has 3 amide bonds. The highest BCUT2D eigenvalue weighted by Gasteiger charge is 2.47. The highest BCUT2D eigenvalue weighted by molar-refractivity contribution is 6.34. The summed E-state index contributed by atoms with van der Waals surface area (Å²) in [4.78, 5) is 43.9. The molecule has 3 aliphatic heterocycles. The number of ether oxygens (including phenoxy) is 2. The summed E-state index contributed by atoms with van der Waals surface area (Å²) in [5.74, 6) is -0.568. The maximum atomic E-state index is 12.7. The molecule has 3 aliphatic rings. The van der Waals surface area contributed by atoms with E-state index in [0.29, 0.717) is 11.3 Å². The fourth-order valence-corrected chi connectivity index (χ4v) is 4.33. The van der Waals surface area contributed by atoms with E-state index >= 15 is 0 Å². The minimum absolute atomic E-state index is 0.0854. The molecule has 2 N–H and O–H groups in total. The number of hydrogen-bond donors (Lipinski definition) is 2. The topological polar surface area (TPSA) is 104 Å². The molecular weight excluding hydrogens is 424 g/mol. The molecule has 0 spiro atoms. The number of fused-ring (bicyclic) bond motifs is 1. The Labute approximate surface area is 191 Å². The largest absolute Gasteiger partial charge is 0.433 e. The predicted molar refractivity (Wildman–Crippen MR) is 121 cm³/mol. The Morgan fingerprint density at radius 3 is 2.58 bits per heavy atom. The molecule has 9 nitrogen and oxygen atoms in total. The van der Waals surface area contributed by atoms with Crippen molar-refractivity contribution in [2.45, 2.75) is 32.5 Å². The van der Waals surface area contributed by atoms with E-state index in [1.165, 1.54) is 0 Å². The van der Waals surface area contributed by atoms with Gasteiger partial charge in [-0.3, -0.25) is 14.5 Å². The Morgan fingerprint density at radius 1 is 1.06 bits per heavy atom.